The first-order valence-electron chi connectivity index (χ1n) is 11.9. The van der Waals surface area contributed by atoms with E-state index < -0.39 is 35.0 Å². The summed E-state index contributed by atoms with van der Waals surface area (Å²) in [4.78, 5) is 8.77. The number of ether oxygens (including phenoxy) is 3. The number of alkyl halides is 3. The average molecular weight is 526 g/mol. The fraction of sp³-hybridized carbons (Fsp3) is 0.462. The molecule has 0 radical (unpaired) electrons. The minimum Gasteiger partial charge on any atom is -0.493 e. The van der Waals surface area contributed by atoms with Gasteiger partial charge in [0.05, 0.1) is 36.9 Å². The van der Waals surface area contributed by atoms with E-state index in [1.807, 2.05) is 6.92 Å². The molecule has 6 nitrogen and oxygen atoms in total. The highest BCUT2D eigenvalue weighted by atomic mass is 19.4. The Labute approximate surface area is 211 Å². The first kappa shape index (κ1) is 26.8. The van der Waals surface area contributed by atoms with Crippen molar-refractivity contribution in [3.8, 4) is 11.5 Å². The molecule has 0 aliphatic heterocycles. The molecule has 1 aromatic heterocycles. The van der Waals surface area contributed by atoms with Gasteiger partial charge < -0.3 is 19.5 Å². The van der Waals surface area contributed by atoms with Gasteiger partial charge in [-0.25, -0.2) is 18.7 Å². The summed E-state index contributed by atoms with van der Waals surface area (Å²) in [5.41, 5.74) is -1.68. The molecule has 2 atom stereocenters. The minimum absolute atomic E-state index is 0.140. The van der Waals surface area contributed by atoms with Crippen LogP contribution in [-0.4, -0.2) is 35.9 Å². The van der Waals surface area contributed by atoms with Gasteiger partial charge in [-0.3, -0.25) is 0 Å². The number of rotatable bonds is 9. The molecular formula is C26H28F5N3O3. The quantitative estimate of drug-likeness (QED) is 0.312. The number of fused-ring (bicyclic) bond motifs is 1. The van der Waals surface area contributed by atoms with Gasteiger partial charge in [0.2, 0.25) is 0 Å². The monoisotopic (exact) mass is 525 g/mol. The van der Waals surface area contributed by atoms with Crippen LogP contribution in [-0.2, 0) is 10.9 Å². The summed E-state index contributed by atoms with van der Waals surface area (Å²) in [6.07, 6.45) is -1.86. The number of hydrogen-bond acceptors (Lipinski definition) is 6. The van der Waals surface area contributed by atoms with Gasteiger partial charge in [-0.15, -0.1) is 0 Å². The molecule has 0 spiro atoms. The Bertz CT molecular complexity index is 1280. The van der Waals surface area contributed by atoms with Gasteiger partial charge in [-0.2, -0.15) is 13.2 Å². The predicted octanol–water partition coefficient (Wildman–Crippen LogP) is 6.75. The lowest BCUT2D eigenvalue weighted by atomic mass is 9.96. The molecule has 1 saturated carbocycles. The third-order valence-corrected chi connectivity index (χ3v) is 6.23. The first-order chi connectivity index (χ1) is 17.5. The molecule has 1 fully saturated rings. The van der Waals surface area contributed by atoms with Crippen molar-refractivity contribution < 1.29 is 36.2 Å². The van der Waals surface area contributed by atoms with Crippen LogP contribution >= 0.6 is 0 Å². The number of benzene rings is 2. The summed E-state index contributed by atoms with van der Waals surface area (Å²) >= 11 is 0. The molecule has 1 unspecified atom stereocenters. The molecule has 1 N–H and O–H groups in total. The van der Waals surface area contributed by atoms with Crippen LogP contribution in [0.15, 0.2) is 24.3 Å². The lowest BCUT2D eigenvalue weighted by molar-refractivity contribution is -0.140. The maximum Gasteiger partial charge on any atom is 0.419 e. The molecule has 1 aliphatic carbocycles. The van der Waals surface area contributed by atoms with E-state index in [0.717, 1.165) is 25.3 Å². The van der Waals surface area contributed by atoms with Crippen LogP contribution in [0.25, 0.3) is 10.9 Å². The Hall–Kier alpha value is -3.21. The summed E-state index contributed by atoms with van der Waals surface area (Å²) < 4.78 is 85.8. The topological polar surface area (TPSA) is 65.5 Å². The number of methoxy groups -OCH3 is 1. The van der Waals surface area contributed by atoms with Crippen LogP contribution < -0.4 is 14.8 Å². The number of hydrogen-bond donors (Lipinski definition) is 1. The van der Waals surface area contributed by atoms with E-state index in [4.69, 9.17) is 14.2 Å². The molecule has 1 heterocycles. The van der Waals surface area contributed by atoms with E-state index in [0.29, 0.717) is 34.8 Å². The van der Waals surface area contributed by atoms with E-state index in [9.17, 15) is 22.0 Å². The van der Waals surface area contributed by atoms with Gasteiger partial charge in [-0.05, 0) is 58.2 Å². The largest absolute Gasteiger partial charge is 0.493 e. The number of nitrogens with one attached hydrogen (secondary N) is 1. The van der Waals surface area contributed by atoms with Gasteiger partial charge in [0.25, 0.3) is 0 Å². The van der Waals surface area contributed by atoms with E-state index in [-0.39, 0.29) is 24.1 Å². The van der Waals surface area contributed by atoms with Crippen molar-refractivity contribution in [2.45, 2.75) is 64.5 Å². The molecule has 37 heavy (non-hydrogen) atoms. The van der Waals surface area contributed by atoms with Crippen LogP contribution in [0, 0.1) is 18.6 Å². The zero-order chi connectivity index (χ0) is 26.9. The van der Waals surface area contributed by atoms with Crippen molar-refractivity contribution in [2.24, 2.45) is 0 Å². The number of anilines is 1. The highest BCUT2D eigenvalue weighted by Gasteiger charge is 2.36. The third kappa shape index (κ3) is 6.03. The van der Waals surface area contributed by atoms with E-state index in [1.165, 1.54) is 14.0 Å². The molecule has 1 aliphatic rings. The average Bonchev–Trinajstić information content (AvgIpc) is 2.78. The van der Waals surface area contributed by atoms with Gasteiger partial charge in [-0.1, -0.05) is 0 Å². The van der Waals surface area contributed by atoms with E-state index in [2.05, 4.69) is 15.3 Å². The second kappa shape index (κ2) is 10.6. The summed E-state index contributed by atoms with van der Waals surface area (Å²) in [6, 6.07) is 3.11. The Balaban J connectivity index is 1.66. The zero-order valence-electron chi connectivity index (χ0n) is 20.9. The second-order valence-electron chi connectivity index (χ2n) is 9.17. The van der Waals surface area contributed by atoms with Crippen LogP contribution in [0.2, 0.25) is 0 Å². The molecule has 200 valence electrons. The zero-order valence-corrected chi connectivity index (χ0v) is 20.9. The normalized spacial score (nSPS) is 15.8. The molecule has 0 saturated heterocycles. The van der Waals surface area contributed by atoms with Gasteiger partial charge in [0, 0.05) is 17.0 Å². The molecule has 2 aromatic carbocycles. The molecule has 11 heteroatoms. The highest BCUT2D eigenvalue weighted by molar-refractivity contribution is 5.92. The van der Waals surface area contributed by atoms with Crippen molar-refractivity contribution in [3.63, 3.8) is 0 Å². The van der Waals surface area contributed by atoms with Gasteiger partial charge in [0.1, 0.15) is 29.4 Å². The number of aryl methyl sites for hydroxylation is 1. The Morgan fingerprint density at radius 1 is 1.05 bits per heavy atom. The Kier molecular flexibility index (Phi) is 7.72. The van der Waals surface area contributed by atoms with Gasteiger partial charge in [0.15, 0.2) is 11.5 Å². The molecular weight excluding hydrogens is 497 g/mol. The van der Waals surface area contributed by atoms with Crippen LogP contribution in [0.5, 0.6) is 11.5 Å². The maximum absolute atomic E-state index is 14.8. The van der Waals surface area contributed by atoms with E-state index in [1.54, 1.807) is 19.1 Å². The lowest BCUT2D eigenvalue weighted by Crippen LogP contribution is -2.28. The lowest BCUT2D eigenvalue weighted by Gasteiger charge is -2.27. The van der Waals surface area contributed by atoms with Crippen LogP contribution in [0.3, 0.4) is 0 Å². The fourth-order valence-electron chi connectivity index (χ4n) is 4.09. The predicted molar refractivity (Wildman–Crippen MR) is 128 cm³/mol. The highest BCUT2D eigenvalue weighted by Crippen LogP contribution is 2.38. The standard InChI is InChI=1S/C26H28F5N3O3/c1-13(12-36-17-6-5-7-17)37-23-10-19-21(11-22(23)35-4)33-15(3)34-25(19)32-14(2)18-8-16(27)9-20(24(18)28)26(29,30)31/h8-11,13-14,17H,5-7,12H2,1-4H3,(H,32,33,34)/t13?,14-/m1/s1. The SMILES string of the molecule is COc1cc2nc(C)nc(N[C@H](C)c3cc(F)cc(C(F)(F)F)c3F)c2cc1OC(C)COC1CCC1. The number of nitrogens with zero attached hydrogens (tertiary/aromatic N) is 2. The molecule has 0 amide bonds. The van der Waals surface area contributed by atoms with Crippen molar-refractivity contribution in [1.29, 1.82) is 0 Å². The van der Waals surface area contributed by atoms with E-state index >= 15 is 0 Å². The van der Waals surface area contributed by atoms with Crippen molar-refractivity contribution in [1.82, 2.24) is 9.97 Å². The summed E-state index contributed by atoms with van der Waals surface area (Å²) in [5.74, 6) is -1.35. The van der Waals surface area contributed by atoms with Crippen LogP contribution in [0.1, 0.15) is 56.1 Å². The summed E-state index contributed by atoms with van der Waals surface area (Å²) in [7, 11) is 1.49. The smallest absolute Gasteiger partial charge is 0.419 e. The van der Waals surface area contributed by atoms with Gasteiger partial charge >= 0.3 is 6.18 Å². The Morgan fingerprint density at radius 2 is 1.78 bits per heavy atom. The second-order valence-corrected chi connectivity index (χ2v) is 9.17. The van der Waals surface area contributed by atoms with Crippen molar-refractivity contribution in [3.05, 3.63) is 52.9 Å². The van der Waals surface area contributed by atoms with Crippen LogP contribution in [0.4, 0.5) is 27.8 Å². The number of halogens is 5. The molecule has 4 rings (SSSR count). The number of aromatic nitrogens is 2. The third-order valence-electron chi connectivity index (χ3n) is 6.23. The van der Waals surface area contributed by atoms with Crippen molar-refractivity contribution in [2.75, 3.05) is 19.0 Å². The molecule has 0 bridgehead atoms. The maximum atomic E-state index is 14.8. The first-order valence-corrected chi connectivity index (χ1v) is 11.9. The van der Waals surface area contributed by atoms with Crippen molar-refractivity contribution >= 4 is 16.7 Å². The summed E-state index contributed by atoms with van der Waals surface area (Å²) in [6.45, 7) is 5.30. The fourth-order valence-corrected chi connectivity index (χ4v) is 4.09. The Morgan fingerprint density at radius 3 is 2.41 bits per heavy atom. The summed E-state index contributed by atoms with van der Waals surface area (Å²) in [5, 5.41) is 3.38. The molecule has 3 aromatic rings. The minimum atomic E-state index is -5.04.